The maximum Gasteiger partial charge on any atom is 0.0541 e. The molecule has 1 fully saturated rings. The van der Waals surface area contributed by atoms with E-state index in [1.54, 1.807) is 0 Å². The zero-order chi connectivity index (χ0) is 9.84. The minimum Gasteiger partial charge on any atom is -0.393 e. The third-order valence-electron chi connectivity index (χ3n) is 2.71. The normalized spacial score (nSPS) is 23.0. The molecule has 0 spiro atoms. The highest BCUT2D eigenvalue weighted by Crippen LogP contribution is 2.21. The van der Waals surface area contributed by atoms with E-state index in [2.05, 4.69) is 27.4 Å². The van der Waals surface area contributed by atoms with Crippen LogP contribution in [0.4, 0.5) is 0 Å². The lowest BCUT2D eigenvalue weighted by molar-refractivity contribution is 0.0754. The first-order valence-corrected chi connectivity index (χ1v) is 5.62. The monoisotopic (exact) mass is 247 g/mol. The van der Waals surface area contributed by atoms with E-state index < -0.39 is 0 Å². The van der Waals surface area contributed by atoms with Crippen molar-refractivity contribution in [2.45, 2.75) is 25.9 Å². The van der Waals surface area contributed by atoms with Crippen LogP contribution in [0.5, 0.6) is 0 Å². The molecule has 1 aliphatic heterocycles. The third-order valence-corrected chi connectivity index (χ3v) is 2.96. The molecule has 0 amide bonds. The largest absolute Gasteiger partial charge is 0.393 e. The summed E-state index contributed by atoms with van der Waals surface area (Å²) in [6, 6.07) is 0. The molecular weight excluding hydrogens is 230 g/mol. The van der Waals surface area contributed by atoms with Crippen LogP contribution < -0.4 is 0 Å². The van der Waals surface area contributed by atoms with Crippen LogP contribution in [0.15, 0.2) is 11.1 Å². The second-order valence-corrected chi connectivity index (χ2v) is 4.99. The molecule has 76 valence electrons. The molecule has 1 atom stereocenters. The third kappa shape index (κ3) is 3.79. The molecule has 0 aliphatic carbocycles. The number of nitrogens with zero attached hydrogens (tertiary/aromatic N) is 1. The average Bonchev–Trinajstić information content (AvgIpc) is 2.04. The predicted molar refractivity (Wildman–Crippen MR) is 58.9 cm³/mol. The van der Waals surface area contributed by atoms with E-state index in [1.807, 2.05) is 6.92 Å². The summed E-state index contributed by atoms with van der Waals surface area (Å²) in [5.74, 6) is 0.500. The predicted octanol–water partition coefficient (Wildman–Crippen LogP) is 1.99. The van der Waals surface area contributed by atoms with E-state index in [4.69, 9.17) is 0 Å². The van der Waals surface area contributed by atoms with Crippen molar-refractivity contribution in [1.82, 2.24) is 4.90 Å². The number of hydrogen-bond donors (Lipinski definition) is 1. The Kier molecular flexibility index (Phi) is 4.42. The van der Waals surface area contributed by atoms with Crippen molar-refractivity contribution in [3.63, 3.8) is 0 Å². The topological polar surface area (TPSA) is 23.5 Å². The van der Waals surface area contributed by atoms with Crippen LogP contribution in [0.2, 0.25) is 0 Å². The van der Waals surface area contributed by atoms with E-state index in [0.29, 0.717) is 5.92 Å². The first-order valence-electron chi connectivity index (χ1n) is 4.83. The van der Waals surface area contributed by atoms with Crippen molar-refractivity contribution >= 4 is 15.9 Å². The number of hydrogen-bond acceptors (Lipinski definition) is 2. The van der Waals surface area contributed by atoms with Crippen LogP contribution in [0.25, 0.3) is 0 Å². The van der Waals surface area contributed by atoms with Crippen molar-refractivity contribution in [2.75, 3.05) is 19.6 Å². The fraction of sp³-hybridized carbons (Fsp3) is 0.800. The minimum atomic E-state index is -0.144. The zero-order valence-corrected chi connectivity index (χ0v) is 9.76. The molecule has 13 heavy (non-hydrogen) atoms. The standard InChI is InChI=1S/C10H18BrNO/c1-8(11)7-12-5-3-10(4-6-12)9(2)13/h9-10,13H,1,3-7H2,2H3. The summed E-state index contributed by atoms with van der Waals surface area (Å²) >= 11 is 3.37. The van der Waals surface area contributed by atoms with Crippen molar-refractivity contribution in [3.05, 3.63) is 11.1 Å². The Bertz CT molecular complexity index is 174. The highest BCUT2D eigenvalue weighted by atomic mass is 79.9. The van der Waals surface area contributed by atoms with Crippen molar-refractivity contribution in [1.29, 1.82) is 0 Å². The SMILES string of the molecule is C=C(Br)CN1CCC(C(C)O)CC1. The number of rotatable bonds is 3. The summed E-state index contributed by atoms with van der Waals surface area (Å²) in [5.41, 5.74) is 0. The quantitative estimate of drug-likeness (QED) is 0.825. The number of piperidine rings is 1. The number of halogens is 1. The Hall–Kier alpha value is 0.140. The number of likely N-dealkylation sites (tertiary alicyclic amines) is 1. The second-order valence-electron chi connectivity index (χ2n) is 3.87. The van der Waals surface area contributed by atoms with Crippen LogP contribution in [0.1, 0.15) is 19.8 Å². The summed E-state index contributed by atoms with van der Waals surface area (Å²) in [4.78, 5) is 2.37. The molecule has 1 unspecified atom stereocenters. The van der Waals surface area contributed by atoms with Crippen molar-refractivity contribution < 1.29 is 5.11 Å². The highest BCUT2D eigenvalue weighted by molar-refractivity contribution is 9.11. The fourth-order valence-corrected chi connectivity index (χ4v) is 2.19. The Labute approximate surface area is 88.7 Å². The van der Waals surface area contributed by atoms with Gasteiger partial charge in [-0.25, -0.2) is 0 Å². The van der Waals surface area contributed by atoms with Gasteiger partial charge >= 0.3 is 0 Å². The number of aliphatic hydroxyl groups excluding tert-OH is 1. The molecule has 1 N–H and O–H groups in total. The van der Waals surface area contributed by atoms with Gasteiger partial charge in [-0.15, -0.1) is 0 Å². The second kappa shape index (κ2) is 5.13. The molecule has 0 radical (unpaired) electrons. The van der Waals surface area contributed by atoms with Gasteiger partial charge in [0.2, 0.25) is 0 Å². The van der Waals surface area contributed by atoms with E-state index in [1.165, 1.54) is 0 Å². The fourth-order valence-electron chi connectivity index (χ4n) is 1.84. The van der Waals surface area contributed by atoms with Gasteiger partial charge in [0, 0.05) is 11.0 Å². The lowest BCUT2D eigenvalue weighted by Crippen LogP contribution is -2.37. The van der Waals surface area contributed by atoms with Gasteiger partial charge < -0.3 is 5.11 Å². The molecule has 2 nitrogen and oxygen atoms in total. The lowest BCUT2D eigenvalue weighted by Gasteiger charge is -2.32. The van der Waals surface area contributed by atoms with Crippen LogP contribution in [-0.2, 0) is 0 Å². The molecular formula is C10H18BrNO. The smallest absolute Gasteiger partial charge is 0.0541 e. The number of aliphatic hydroxyl groups is 1. The van der Waals surface area contributed by atoms with E-state index >= 15 is 0 Å². The molecule has 1 heterocycles. The summed E-state index contributed by atoms with van der Waals surface area (Å²) in [5, 5.41) is 9.40. The van der Waals surface area contributed by atoms with Gasteiger partial charge in [-0.05, 0) is 38.8 Å². The van der Waals surface area contributed by atoms with Gasteiger partial charge in [0.1, 0.15) is 0 Å². The highest BCUT2D eigenvalue weighted by Gasteiger charge is 2.22. The van der Waals surface area contributed by atoms with Gasteiger partial charge in [-0.3, -0.25) is 4.90 Å². The summed E-state index contributed by atoms with van der Waals surface area (Å²) in [6.07, 6.45) is 2.07. The molecule has 0 saturated carbocycles. The molecule has 0 aromatic rings. The van der Waals surface area contributed by atoms with E-state index in [9.17, 15) is 5.11 Å². The molecule has 0 aromatic heterocycles. The van der Waals surface area contributed by atoms with Gasteiger partial charge in [0.15, 0.2) is 0 Å². The average molecular weight is 248 g/mol. The first kappa shape index (κ1) is 11.2. The van der Waals surface area contributed by atoms with Crippen LogP contribution in [-0.4, -0.2) is 35.7 Å². The van der Waals surface area contributed by atoms with Crippen LogP contribution in [0, 0.1) is 5.92 Å². The van der Waals surface area contributed by atoms with Gasteiger partial charge in [-0.2, -0.15) is 0 Å². The zero-order valence-electron chi connectivity index (χ0n) is 8.17. The first-order chi connectivity index (χ1) is 6.09. The summed E-state index contributed by atoms with van der Waals surface area (Å²) in [7, 11) is 0. The molecule has 1 aliphatic rings. The maximum atomic E-state index is 9.40. The Balaban J connectivity index is 2.26. The molecule has 3 heteroatoms. The Morgan fingerprint density at radius 2 is 2.15 bits per heavy atom. The van der Waals surface area contributed by atoms with Crippen molar-refractivity contribution in [2.24, 2.45) is 5.92 Å². The Morgan fingerprint density at radius 3 is 2.54 bits per heavy atom. The van der Waals surface area contributed by atoms with Gasteiger partial charge in [-0.1, -0.05) is 22.5 Å². The maximum absolute atomic E-state index is 9.40. The molecule has 1 saturated heterocycles. The van der Waals surface area contributed by atoms with Gasteiger partial charge in [0.05, 0.1) is 6.10 Å². The molecule has 0 bridgehead atoms. The lowest BCUT2D eigenvalue weighted by atomic mass is 9.92. The Morgan fingerprint density at radius 1 is 1.62 bits per heavy atom. The van der Waals surface area contributed by atoms with E-state index in [-0.39, 0.29) is 6.10 Å². The van der Waals surface area contributed by atoms with Crippen LogP contribution in [0.3, 0.4) is 0 Å². The van der Waals surface area contributed by atoms with Crippen molar-refractivity contribution in [3.8, 4) is 0 Å². The van der Waals surface area contributed by atoms with E-state index in [0.717, 1.165) is 37.0 Å². The minimum absolute atomic E-state index is 0.144. The molecule has 0 aromatic carbocycles. The van der Waals surface area contributed by atoms with Crippen LogP contribution >= 0.6 is 15.9 Å². The molecule has 1 rings (SSSR count). The summed E-state index contributed by atoms with van der Waals surface area (Å²) < 4.78 is 1.04. The summed E-state index contributed by atoms with van der Waals surface area (Å²) in [6.45, 7) is 8.83. The van der Waals surface area contributed by atoms with Gasteiger partial charge in [0.25, 0.3) is 0 Å².